The standard InChI is InChI=1S/C27H29N5O5/c1-2-13-32(20-7-8-20)27(33)19-14-23(36-21-9-3-17(4-10-21)25(28)30-34)16-24(15-19)37-22-11-5-18(6-12-22)26(29)31-35/h3-6,9-12,14-16,20,34-35H,2,7-8,13H2,1H3,(H2,28,30)(H2,29,31). The third kappa shape index (κ3) is 6.29. The Morgan fingerprint density at radius 2 is 1.27 bits per heavy atom. The largest absolute Gasteiger partial charge is 0.457 e. The fraction of sp³-hybridized carbons (Fsp3) is 0.222. The van der Waals surface area contributed by atoms with Crippen molar-refractivity contribution in [2.24, 2.45) is 21.8 Å². The summed E-state index contributed by atoms with van der Waals surface area (Å²) >= 11 is 0. The smallest absolute Gasteiger partial charge is 0.254 e. The van der Waals surface area contributed by atoms with Gasteiger partial charge in [0, 0.05) is 35.3 Å². The first kappa shape index (κ1) is 25.4. The number of oxime groups is 2. The van der Waals surface area contributed by atoms with E-state index in [9.17, 15) is 4.79 Å². The van der Waals surface area contributed by atoms with E-state index in [0.717, 1.165) is 19.3 Å². The maximum atomic E-state index is 13.4. The third-order valence-electron chi connectivity index (χ3n) is 5.83. The van der Waals surface area contributed by atoms with E-state index >= 15 is 0 Å². The molecule has 0 aliphatic heterocycles. The van der Waals surface area contributed by atoms with Gasteiger partial charge in [-0.05, 0) is 79.9 Å². The van der Waals surface area contributed by atoms with Crippen molar-refractivity contribution in [3.05, 3.63) is 83.4 Å². The molecule has 4 rings (SSSR count). The molecule has 0 bridgehead atoms. The van der Waals surface area contributed by atoms with Crippen LogP contribution >= 0.6 is 0 Å². The molecule has 1 saturated carbocycles. The Kier molecular flexibility index (Phi) is 7.77. The molecule has 192 valence electrons. The first-order valence-corrected chi connectivity index (χ1v) is 11.9. The van der Waals surface area contributed by atoms with Crippen molar-refractivity contribution in [2.45, 2.75) is 32.2 Å². The van der Waals surface area contributed by atoms with Crippen LogP contribution < -0.4 is 20.9 Å². The molecule has 37 heavy (non-hydrogen) atoms. The van der Waals surface area contributed by atoms with Gasteiger partial charge >= 0.3 is 0 Å². The van der Waals surface area contributed by atoms with Crippen LogP contribution in [-0.2, 0) is 0 Å². The lowest BCUT2D eigenvalue weighted by molar-refractivity contribution is 0.0742. The van der Waals surface area contributed by atoms with Gasteiger partial charge in [-0.25, -0.2) is 0 Å². The summed E-state index contributed by atoms with van der Waals surface area (Å²) in [6.45, 7) is 2.72. The number of nitrogens with two attached hydrogens (primary N) is 2. The van der Waals surface area contributed by atoms with Crippen molar-refractivity contribution in [1.82, 2.24) is 4.90 Å². The highest BCUT2D eigenvalue weighted by Crippen LogP contribution is 2.33. The normalized spacial score (nSPS) is 13.8. The number of rotatable bonds is 10. The average Bonchev–Trinajstić information content (AvgIpc) is 3.76. The van der Waals surface area contributed by atoms with Gasteiger partial charge in [0.15, 0.2) is 11.7 Å². The molecule has 1 amide bonds. The Morgan fingerprint density at radius 1 is 0.811 bits per heavy atom. The highest BCUT2D eigenvalue weighted by atomic mass is 16.5. The van der Waals surface area contributed by atoms with Crippen LogP contribution in [0.4, 0.5) is 0 Å². The van der Waals surface area contributed by atoms with Crippen LogP contribution in [0, 0.1) is 0 Å². The average molecular weight is 504 g/mol. The molecule has 0 aromatic heterocycles. The summed E-state index contributed by atoms with van der Waals surface area (Å²) in [4.78, 5) is 15.3. The van der Waals surface area contributed by atoms with Crippen LogP contribution in [0.2, 0.25) is 0 Å². The molecule has 0 unspecified atom stereocenters. The summed E-state index contributed by atoms with van der Waals surface area (Å²) in [6, 6.07) is 18.7. The third-order valence-corrected chi connectivity index (χ3v) is 5.83. The number of hydrogen-bond acceptors (Lipinski definition) is 7. The minimum atomic E-state index is -0.0794. The van der Waals surface area contributed by atoms with Gasteiger partial charge in [0.25, 0.3) is 5.91 Å². The van der Waals surface area contributed by atoms with Gasteiger partial charge in [-0.1, -0.05) is 17.2 Å². The second-order valence-electron chi connectivity index (χ2n) is 8.65. The predicted octanol–water partition coefficient (Wildman–Crippen LogP) is 4.47. The summed E-state index contributed by atoms with van der Waals surface area (Å²) in [6.07, 6.45) is 2.87. The number of benzene rings is 3. The van der Waals surface area contributed by atoms with Gasteiger partial charge in [0.2, 0.25) is 0 Å². The number of carbonyl (C=O) groups is 1. The fourth-order valence-electron chi connectivity index (χ4n) is 3.83. The van der Waals surface area contributed by atoms with Crippen molar-refractivity contribution in [2.75, 3.05) is 6.54 Å². The molecule has 3 aromatic carbocycles. The first-order chi connectivity index (χ1) is 17.9. The zero-order valence-electron chi connectivity index (χ0n) is 20.4. The highest BCUT2D eigenvalue weighted by molar-refractivity contribution is 5.97. The number of ether oxygens (including phenoxy) is 2. The maximum Gasteiger partial charge on any atom is 0.254 e. The van der Waals surface area contributed by atoms with Gasteiger partial charge in [0.1, 0.15) is 23.0 Å². The van der Waals surface area contributed by atoms with Crippen molar-refractivity contribution < 1.29 is 24.7 Å². The number of nitrogens with zero attached hydrogens (tertiary/aromatic N) is 3. The summed E-state index contributed by atoms with van der Waals surface area (Å²) in [5.41, 5.74) is 12.8. The van der Waals surface area contributed by atoms with Gasteiger partial charge in [0.05, 0.1) is 0 Å². The van der Waals surface area contributed by atoms with Crippen LogP contribution in [0.3, 0.4) is 0 Å². The minimum absolute atomic E-state index is 0.0102. The van der Waals surface area contributed by atoms with E-state index in [4.69, 9.17) is 31.4 Å². The molecule has 1 aliphatic carbocycles. The lowest BCUT2D eigenvalue weighted by atomic mass is 10.1. The Labute approximate surface area is 214 Å². The molecule has 0 radical (unpaired) electrons. The van der Waals surface area contributed by atoms with Crippen molar-refractivity contribution in [3.63, 3.8) is 0 Å². The van der Waals surface area contributed by atoms with E-state index in [1.165, 1.54) is 0 Å². The van der Waals surface area contributed by atoms with Crippen LogP contribution in [0.15, 0.2) is 77.0 Å². The van der Waals surface area contributed by atoms with Crippen LogP contribution in [0.1, 0.15) is 47.7 Å². The molecule has 10 heteroatoms. The first-order valence-electron chi connectivity index (χ1n) is 11.9. The zero-order valence-corrected chi connectivity index (χ0v) is 20.4. The van der Waals surface area contributed by atoms with Gasteiger partial charge < -0.3 is 36.3 Å². The van der Waals surface area contributed by atoms with E-state index in [1.807, 2.05) is 11.8 Å². The fourth-order valence-corrected chi connectivity index (χ4v) is 3.83. The molecule has 1 fully saturated rings. The number of carbonyl (C=O) groups excluding carboxylic acids is 1. The van der Waals surface area contributed by atoms with E-state index in [1.54, 1.807) is 66.7 Å². The Morgan fingerprint density at radius 3 is 1.65 bits per heavy atom. The quantitative estimate of drug-likeness (QED) is 0.138. The number of hydrogen-bond donors (Lipinski definition) is 4. The minimum Gasteiger partial charge on any atom is -0.457 e. The number of amides is 1. The molecule has 1 aliphatic rings. The van der Waals surface area contributed by atoms with E-state index in [2.05, 4.69) is 10.3 Å². The van der Waals surface area contributed by atoms with Gasteiger partial charge in [-0.3, -0.25) is 4.79 Å². The second kappa shape index (κ2) is 11.3. The van der Waals surface area contributed by atoms with Gasteiger partial charge in [-0.15, -0.1) is 0 Å². The van der Waals surface area contributed by atoms with E-state index < -0.39 is 0 Å². The SMILES string of the molecule is CCCN(C(=O)c1cc(Oc2ccc(C(N)=NO)cc2)cc(Oc2ccc(C(N)=NO)cc2)c1)C1CC1. The molecule has 0 atom stereocenters. The molecule has 0 spiro atoms. The molecule has 0 saturated heterocycles. The summed E-state index contributed by atoms with van der Waals surface area (Å²) in [5, 5.41) is 23.7. The Balaban J connectivity index is 1.64. The van der Waals surface area contributed by atoms with E-state index in [-0.39, 0.29) is 23.6 Å². The lowest BCUT2D eigenvalue weighted by Crippen LogP contribution is -2.33. The summed E-state index contributed by atoms with van der Waals surface area (Å²) < 4.78 is 12.1. The van der Waals surface area contributed by atoms with Crippen LogP contribution in [0.5, 0.6) is 23.0 Å². The van der Waals surface area contributed by atoms with Crippen molar-refractivity contribution in [3.8, 4) is 23.0 Å². The summed E-state index contributed by atoms with van der Waals surface area (Å²) in [5.74, 6) is 1.73. The molecule has 6 N–H and O–H groups in total. The van der Waals surface area contributed by atoms with Gasteiger partial charge in [-0.2, -0.15) is 0 Å². The summed E-state index contributed by atoms with van der Waals surface area (Å²) in [7, 11) is 0. The van der Waals surface area contributed by atoms with Crippen LogP contribution in [0.25, 0.3) is 0 Å². The topological polar surface area (TPSA) is 156 Å². The molecule has 3 aromatic rings. The van der Waals surface area contributed by atoms with Crippen molar-refractivity contribution >= 4 is 17.6 Å². The molecule has 10 nitrogen and oxygen atoms in total. The predicted molar refractivity (Wildman–Crippen MR) is 139 cm³/mol. The molecule has 0 heterocycles. The Hall–Kier alpha value is -4.73. The van der Waals surface area contributed by atoms with Crippen LogP contribution in [-0.4, -0.2) is 45.5 Å². The van der Waals surface area contributed by atoms with E-state index in [0.29, 0.717) is 46.2 Å². The monoisotopic (exact) mass is 503 g/mol. The molecular weight excluding hydrogens is 474 g/mol. The maximum absolute atomic E-state index is 13.4. The second-order valence-corrected chi connectivity index (χ2v) is 8.65. The molecular formula is C27H29N5O5. The lowest BCUT2D eigenvalue weighted by Gasteiger charge is -2.22. The Bertz CT molecular complexity index is 1220. The zero-order chi connectivity index (χ0) is 26.4. The highest BCUT2D eigenvalue weighted by Gasteiger charge is 2.32. The van der Waals surface area contributed by atoms with Crippen molar-refractivity contribution in [1.29, 1.82) is 0 Å². The number of amidine groups is 2.